The average molecular weight is 273 g/mol. The summed E-state index contributed by atoms with van der Waals surface area (Å²) in [6.07, 6.45) is 2.67. The maximum Gasteiger partial charge on any atom is 0.410 e. The molecule has 4 nitrogen and oxygen atoms in total. The van der Waals surface area contributed by atoms with Crippen molar-refractivity contribution in [1.82, 2.24) is 4.90 Å². The minimum Gasteiger partial charge on any atom is -0.445 e. The number of benzene rings is 1. The van der Waals surface area contributed by atoms with Crippen LogP contribution < -0.4 is 0 Å². The molecule has 1 aliphatic rings. The van der Waals surface area contributed by atoms with Crippen LogP contribution in [0.15, 0.2) is 43.0 Å². The molecule has 2 rings (SSSR count). The number of ketones is 1. The Morgan fingerprint density at radius 2 is 2.15 bits per heavy atom. The van der Waals surface area contributed by atoms with Gasteiger partial charge in [0.25, 0.3) is 0 Å². The highest BCUT2D eigenvalue weighted by molar-refractivity contribution is 5.82. The lowest BCUT2D eigenvalue weighted by Gasteiger charge is -2.34. The van der Waals surface area contributed by atoms with E-state index in [4.69, 9.17) is 4.74 Å². The Morgan fingerprint density at radius 3 is 2.85 bits per heavy atom. The van der Waals surface area contributed by atoms with Crippen molar-refractivity contribution < 1.29 is 14.3 Å². The molecule has 1 fully saturated rings. The number of carbonyl (C=O) groups is 2. The van der Waals surface area contributed by atoms with Gasteiger partial charge in [0.1, 0.15) is 12.4 Å². The lowest BCUT2D eigenvalue weighted by molar-refractivity contribution is -0.122. The van der Waals surface area contributed by atoms with Gasteiger partial charge in [-0.1, -0.05) is 43.0 Å². The van der Waals surface area contributed by atoms with Crippen LogP contribution in [0.1, 0.15) is 18.4 Å². The number of hydrogen-bond donors (Lipinski definition) is 0. The van der Waals surface area contributed by atoms with Gasteiger partial charge >= 0.3 is 6.09 Å². The van der Waals surface area contributed by atoms with Crippen molar-refractivity contribution in [2.45, 2.75) is 25.3 Å². The zero-order valence-corrected chi connectivity index (χ0v) is 11.5. The van der Waals surface area contributed by atoms with E-state index in [9.17, 15) is 9.59 Å². The van der Waals surface area contributed by atoms with Crippen LogP contribution in [-0.4, -0.2) is 36.0 Å². The number of amides is 1. The molecule has 20 heavy (non-hydrogen) atoms. The van der Waals surface area contributed by atoms with E-state index in [1.54, 1.807) is 11.0 Å². The third kappa shape index (κ3) is 3.70. The summed E-state index contributed by atoms with van der Waals surface area (Å²) < 4.78 is 5.09. The maximum absolute atomic E-state index is 12.0. The fourth-order valence-corrected chi connectivity index (χ4v) is 2.42. The van der Waals surface area contributed by atoms with E-state index in [0.717, 1.165) is 5.56 Å². The smallest absolute Gasteiger partial charge is 0.410 e. The lowest BCUT2D eigenvalue weighted by atomic mass is 9.95. The van der Waals surface area contributed by atoms with Crippen molar-refractivity contribution in [2.24, 2.45) is 0 Å². The lowest BCUT2D eigenvalue weighted by Crippen LogP contribution is -2.47. The van der Waals surface area contributed by atoms with Gasteiger partial charge in [0.05, 0.1) is 0 Å². The fourth-order valence-electron chi connectivity index (χ4n) is 2.42. The number of piperidine rings is 1. The second-order valence-corrected chi connectivity index (χ2v) is 4.90. The zero-order chi connectivity index (χ0) is 14.4. The molecule has 0 N–H and O–H groups in total. The first-order valence-corrected chi connectivity index (χ1v) is 6.80. The van der Waals surface area contributed by atoms with E-state index in [0.29, 0.717) is 25.8 Å². The Hall–Kier alpha value is -2.10. The Bertz CT molecular complexity index is 484. The number of rotatable bonds is 4. The summed E-state index contributed by atoms with van der Waals surface area (Å²) in [4.78, 5) is 25.3. The summed E-state index contributed by atoms with van der Waals surface area (Å²) in [7, 11) is 0. The molecular weight excluding hydrogens is 254 g/mol. The van der Waals surface area contributed by atoms with Gasteiger partial charge in [-0.05, 0) is 12.0 Å². The number of carbonyl (C=O) groups excluding carboxylic acids is 2. The zero-order valence-electron chi connectivity index (χ0n) is 11.5. The second-order valence-electron chi connectivity index (χ2n) is 4.90. The summed E-state index contributed by atoms with van der Waals surface area (Å²) in [6.45, 7) is 4.16. The molecule has 1 heterocycles. The number of Topliss-reactive ketones (excluding diaryl/α,β-unsaturated/α-hetero) is 1. The van der Waals surface area contributed by atoms with Crippen molar-refractivity contribution in [2.75, 3.05) is 13.2 Å². The highest BCUT2D eigenvalue weighted by Gasteiger charge is 2.31. The first-order valence-electron chi connectivity index (χ1n) is 6.80. The quantitative estimate of drug-likeness (QED) is 0.792. The van der Waals surface area contributed by atoms with Crippen molar-refractivity contribution in [3.63, 3.8) is 0 Å². The average Bonchev–Trinajstić information content (AvgIpc) is 2.46. The highest BCUT2D eigenvalue weighted by atomic mass is 16.6. The van der Waals surface area contributed by atoms with Crippen molar-refractivity contribution in [3.8, 4) is 0 Å². The third-order valence-electron chi connectivity index (χ3n) is 3.41. The minimum atomic E-state index is -0.363. The van der Waals surface area contributed by atoms with Crippen LogP contribution in [0.4, 0.5) is 4.79 Å². The SMILES string of the molecule is C=CCOC(=O)N1CCC(=O)C[C@@H]1Cc1ccccc1. The molecule has 0 bridgehead atoms. The van der Waals surface area contributed by atoms with E-state index in [1.165, 1.54) is 0 Å². The molecule has 1 atom stereocenters. The molecule has 0 unspecified atom stereocenters. The summed E-state index contributed by atoms with van der Waals surface area (Å²) in [5.41, 5.74) is 1.12. The second kappa shape index (κ2) is 6.89. The van der Waals surface area contributed by atoms with Crippen molar-refractivity contribution in [1.29, 1.82) is 0 Å². The predicted molar refractivity (Wildman–Crippen MR) is 76.4 cm³/mol. The van der Waals surface area contributed by atoms with Gasteiger partial charge in [0.2, 0.25) is 0 Å². The standard InChI is InChI=1S/C16H19NO3/c1-2-10-20-16(19)17-9-8-15(18)12-14(17)11-13-6-4-3-5-7-13/h2-7,14H,1,8-12H2/t14-/m0/s1. The number of nitrogens with zero attached hydrogens (tertiary/aromatic N) is 1. The molecule has 1 saturated heterocycles. The van der Waals surface area contributed by atoms with Gasteiger partial charge < -0.3 is 9.64 Å². The minimum absolute atomic E-state index is 0.115. The molecule has 1 aromatic rings. The van der Waals surface area contributed by atoms with E-state index in [2.05, 4.69) is 6.58 Å². The van der Waals surface area contributed by atoms with Gasteiger partial charge in [-0.15, -0.1) is 0 Å². The summed E-state index contributed by atoms with van der Waals surface area (Å²) >= 11 is 0. The summed E-state index contributed by atoms with van der Waals surface area (Å²) in [6, 6.07) is 9.77. The third-order valence-corrected chi connectivity index (χ3v) is 3.41. The Balaban J connectivity index is 2.06. The number of likely N-dealkylation sites (tertiary alicyclic amines) is 1. The molecule has 0 radical (unpaired) electrons. The van der Waals surface area contributed by atoms with Crippen LogP contribution >= 0.6 is 0 Å². The van der Waals surface area contributed by atoms with E-state index < -0.39 is 0 Å². The fraction of sp³-hybridized carbons (Fsp3) is 0.375. The molecule has 4 heteroatoms. The molecule has 1 aliphatic heterocycles. The molecule has 0 aromatic heterocycles. The molecular formula is C16H19NO3. The normalized spacial score (nSPS) is 18.7. The van der Waals surface area contributed by atoms with E-state index in [-0.39, 0.29) is 24.5 Å². The predicted octanol–water partition coefficient (Wildman–Crippen LogP) is 2.59. The Labute approximate surface area is 119 Å². The van der Waals surface area contributed by atoms with Crippen LogP contribution in [0, 0.1) is 0 Å². The monoisotopic (exact) mass is 273 g/mol. The highest BCUT2D eigenvalue weighted by Crippen LogP contribution is 2.19. The molecule has 1 aromatic carbocycles. The van der Waals surface area contributed by atoms with Gasteiger partial charge in [0, 0.05) is 25.4 Å². The molecule has 106 valence electrons. The first-order chi connectivity index (χ1) is 9.70. The van der Waals surface area contributed by atoms with Crippen LogP contribution in [0.2, 0.25) is 0 Å². The maximum atomic E-state index is 12.0. The van der Waals surface area contributed by atoms with Crippen molar-refractivity contribution >= 4 is 11.9 Å². The van der Waals surface area contributed by atoms with E-state index in [1.807, 2.05) is 30.3 Å². The molecule has 0 saturated carbocycles. The summed E-state index contributed by atoms with van der Waals surface area (Å²) in [5.74, 6) is 0.207. The van der Waals surface area contributed by atoms with Crippen LogP contribution in [-0.2, 0) is 16.0 Å². The Morgan fingerprint density at radius 1 is 1.40 bits per heavy atom. The van der Waals surface area contributed by atoms with Crippen LogP contribution in [0.5, 0.6) is 0 Å². The van der Waals surface area contributed by atoms with Gasteiger partial charge in [-0.2, -0.15) is 0 Å². The molecule has 0 spiro atoms. The Kier molecular flexibility index (Phi) is 4.93. The van der Waals surface area contributed by atoms with Crippen LogP contribution in [0.3, 0.4) is 0 Å². The van der Waals surface area contributed by atoms with Gasteiger partial charge in [-0.25, -0.2) is 4.79 Å². The first kappa shape index (κ1) is 14.3. The number of ether oxygens (including phenoxy) is 1. The number of hydrogen-bond acceptors (Lipinski definition) is 3. The van der Waals surface area contributed by atoms with Gasteiger partial charge in [-0.3, -0.25) is 4.79 Å². The van der Waals surface area contributed by atoms with Crippen LogP contribution in [0.25, 0.3) is 0 Å². The topological polar surface area (TPSA) is 46.6 Å². The van der Waals surface area contributed by atoms with Gasteiger partial charge in [0.15, 0.2) is 0 Å². The largest absolute Gasteiger partial charge is 0.445 e. The molecule has 0 aliphatic carbocycles. The van der Waals surface area contributed by atoms with Crippen molar-refractivity contribution in [3.05, 3.63) is 48.6 Å². The molecule has 1 amide bonds. The van der Waals surface area contributed by atoms with E-state index >= 15 is 0 Å². The summed E-state index contributed by atoms with van der Waals surface area (Å²) in [5, 5.41) is 0.